The maximum Gasteiger partial charge on any atom is 0.407 e. The molecule has 1 fully saturated rings. The maximum atomic E-state index is 13.3. The van der Waals surface area contributed by atoms with Crippen LogP contribution in [0.5, 0.6) is 0 Å². The number of carbonyl (C=O) groups excluding carboxylic acids is 3. The number of unbranched alkanes of at least 4 members (excludes halogenated alkanes) is 1. The third-order valence-electron chi connectivity index (χ3n) is 6.45. The highest BCUT2D eigenvalue weighted by atomic mass is 19.1. The molecule has 0 saturated heterocycles. The molecule has 35 heavy (non-hydrogen) atoms. The van der Waals surface area contributed by atoms with Gasteiger partial charge >= 0.3 is 6.09 Å². The summed E-state index contributed by atoms with van der Waals surface area (Å²) >= 11 is 0. The molecule has 2 aromatic rings. The summed E-state index contributed by atoms with van der Waals surface area (Å²) in [5, 5.41) is 5.50. The van der Waals surface area contributed by atoms with E-state index in [1.807, 2.05) is 24.3 Å². The fraction of sp³-hybridized carbons (Fsp3) is 0.444. The molecule has 3 amide bonds. The molecule has 8 heteroatoms. The first-order valence-corrected chi connectivity index (χ1v) is 12.2. The van der Waals surface area contributed by atoms with Crippen molar-refractivity contribution >= 4 is 17.9 Å². The Hall–Kier alpha value is -3.42. The van der Waals surface area contributed by atoms with E-state index in [-0.39, 0.29) is 24.3 Å². The number of halogens is 1. The zero-order valence-corrected chi connectivity index (χ0v) is 20.1. The number of amides is 3. The molecule has 188 valence electrons. The highest BCUT2D eigenvalue weighted by Gasteiger charge is 2.34. The Labute approximate surface area is 205 Å². The van der Waals surface area contributed by atoms with Gasteiger partial charge in [0.15, 0.2) is 0 Å². The van der Waals surface area contributed by atoms with Gasteiger partial charge in [0.2, 0.25) is 11.8 Å². The Morgan fingerprint density at radius 1 is 1.06 bits per heavy atom. The van der Waals surface area contributed by atoms with Crippen molar-refractivity contribution in [1.29, 1.82) is 0 Å². The summed E-state index contributed by atoms with van der Waals surface area (Å²) in [4.78, 5) is 37.0. The Kier molecular flexibility index (Phi) is 9.64. The van der Waals surface area contributed by atoms with Crippen molar-refractivity contribution < 1.29 is 23.5 Å². The smallest absolute Gasteiger partial charge is 0.407 e. The van der Waals surface area contributed by atoms with Crippen LogP contribution in [0.25, 0.3) is 0 Å². The minimum Gasteiger partial charge on any atom is -0.445 e. The first kappa shape index (κ1) is 26.2. The van der Waals surface area contributed by atoms with Crippen LogP contribution < -0.4 is 16.4 Å². The summed E-state index contributed by atoms with van der Waals surface area (Å²) in [6, 6.07) is 12.1. The Morgan fingerprint density at radius 3 is 2.40 bits per heavy atom. The van der Waals surface area contributed by atoms with Crippen LogP contribution in [0.1, 0.15) is 74.1 Å². The number of alkyl carbamates (subject to hydrolysis) is 1. The van der Waals surface area contributed by atoms with E-state index in [2.05, 4.69) is 17.6 Å². The molecule has 3 rings (SSSR count). The van der Waals surface area contributed by atoms with Gasteiger partial charge < -0.3 is 21.1 Å². The standard InChI is InChI=1S/C27H34FN3O4/c1-2-3-16-30-27(34)35-17-18-8-10-19(11-9-18)22-6-4-5-7-23(22)26(33)31-24(25(29)32)20-12-14-21(28)15-13-20/h8-15,22-24H,2-7,16-17H2,1H3,(H2,29,32)(H,30,34)(H,31,33)/t22-,23+,24-/m0/s1. The zero-order valence-electron chi connectivity index (χ0n) is 20.1. The SMILES string of the molecule is CCCCNC(=O)OCc1ccc([C@@H]2CCCC[C@H]2C(=O)N[C@H](C(N)=O)c2ccc(F)cc2)cc1. The molecule has 0 radical (unpaired) electrons. The Morgan fingerprint density at radius 2 is 1.74 bits per heavy atom. The summed E-state index contributed by atoms with van der Waals surface area (Å²) in [5.41, 5.74) is 7.88. The number of hydrogen-bond donors (Lipinski definition) is 3. The van der Waals surface area contributed by atoms with Gasteiger partial charge in [-0.15, -0.1) is 0 Å². The number of hydrogen-bond acceptors (Lipinski definition) is 4. The second-order valence-corrected chi connectivity index (χ2v) is 8.99. The van der Waals surface area contributed by atoms with Gasteiger partial charge in [0.1, 0.15) is 18.5 Å². The second kappa shape index (κ2) is 12.9. The Bertz CT molecular complexity index is 994. The minimum atomic E-state index is -1.02. The summed E-state index contributed by atoms with van der Waals surface area (Å²) < 4.78 is 18.5. The van der Waals surface area contributed by atoms with Crippen LogP contribution in [0, 0.1) is 11.7 Å². The van der Waals surface area contributed by atoms with Crippen LogP contribution in [0.15, 0.2) is 48.5 Å². The lowest BCUT2D eigenvalue weighted by Gasteiger charge is -2.32. The van der Waals surface area contributed by atoms with E-state index < -0.39 is 23.9 Å². The van der Waals surface area contributed by atoms with Gasteiger partial charge in [0.25, 0.3) is 0 Å². The van der Waals surface area contributed by atoms with Crippen LogP contribution in [0.2, 0.25) is 0 Å². The molecule has 1 aliphatic rings. The van der Waals surface area contributed by atoms with Crippen LogP contribution in [-0.4, -0.2) is 24.5 Å². The molecule has 2 aromatic carbocycles. The fourth-order valence-electron chi connectivity index (χ4n) is 4.50. The van der Waals surface area contributed by atoms with Crippen LogP contribution in [0.3, 0.4) is 0 Å². The summed E-state index contributed by atoms with van der Waals surface area (Å²) in [6.45, 7) is 2.82. The summed E-state index contributed by atoms with van der Waals surface area (Å²) in [5.74, 6) is -1.67. The van der Waals surface area contributed by atoms with Crippen molar-refractivity contribution in [3.63, 3.8) is 0 Å². The van der Waals surface area contributed by atoms with E-state index in [0.29, 0.717) is 18.5 Å². The fourth-order valence-corrected chi connectivity index (χ4v) is 4.50. The highest BCUT2D eigenvalue weighted by molar-refractivity contribution is 5.89. The second-order valence-electron chi connectivity index (χ2n) is 8.99. The molecular formula is C27H34FN3O4. The predicted molar refractivity (Wildman–Crippen MR) is 131 cm³/mol. The highest BCUT2D eigenvalue weighted by Crippen LogP contribution is 2.38. The first-order valence-electron chi connectivity index (χ1n) is 12.2. The van der Waals surface area contributed by atoms with Crippen molar-refractivity contribution in [1.82, 2.24) is 10.6 Å². The van der Waals surface area contributed by atoms with Crippen LogP contribution >= 0.6 is 0 Å². The number of rotatable bonds is 10. The molecule has 0 aliphatic heterocycles. The molecule has 0 unspecified atom stereocenters. The van der Waals surface area contributed by atoms with Gasteiger partial charge in [-0.1, -0.05) is 62.6 Å². The number of ether oxygens (including phenoxy) is 1. The van der Waals surface area contributed by atoms with E-state index in [4.69, 9.17) is 10.5 Å². The molecule has 1 aliphatic carbocycles. The van der Waals surface area contributed by atoms with E-state index in [0.717, 1.165) is 43.2 Å². The molecular weight excluding hydrogens is 449 g/mol. The van der Waals surface area contributed by atoms with Crippen molar-refractivity contribution in [2.24, 2.45) is 11.7 Å². The van der Waals surface area contributed by atoms with Crippen LogP contribution in [0.4, 0.5) is 9.18 Å². The van der Waals surface area contributed by atoms with Gasteiger partial charge in [-0.05, 0) is 54.0 Å². The number of nitrogens with two attached hydrogens (primary N) is 1. The topological polar surface area (TPSA) is 111 Å². The molecule has 3 atom stereocenters. The molecule has 1 saturated carbocycles. The first-order chi connectivity index (χ1) is 16.9. The molecule has 0 bridgehead atoms. The lowest BCUT2D eigenvalue weighted by Crippen LogP contribution is -2.42. The molecule has 0 heterocycles. The molecule has 4 N–H and O–H groups in total. The average molecular weight is 484 g/mol. The third-order valence-corrected chi connectivity index (χ3v) is 6.45. The van der Waals surface area contributed by atoms with Gasteiger partial charge in [0.05, 0.1) is 0 Å². The third kappa shape index (κ3) is 7.53. The predicted octanol–water partition coefficient (Wildman–Crippen LogP) is 4.47. The lowest BCUT2D eigenvalue weighted by molar-refractivity contribution is -0.131. The Balaban J connectivity index is 1.64. The number of benzene rings is 2. The van der Waals surface area contributed by atoms with Gasteiger partial charge in [-0.2, -0.15) is 0 Å². The van der Waals surface area contributed by atoms with Crippen molar-refractivity contribution in [2.75, 3.05) is 6.54 Å². The van der Waals surface area contributed by atoms with Crippen molar-refractivity contribution in [3.05, 3.63) is 71.0 Å². The lowest BCUT2D eigenvalue weighted by atomic mass is 9.74. The zero-order chi connectivity index (χ0) is 25.2. The molecule has 7 nitrogen and oxygen atoms in total. The van der Waals surface area contributed by atoms with Gasteiger partial charge in [0, 0.05) is 12.5 Å². The summed E-state index contributed by atoms with van der Waals surface area (Å²) in [7, 11) is 0. The van der Waals surface area contributed by atoms with Gasteiger partial charge in [-0.3, -0.25) is 9.59 Å². The number of carbonyl (C=O) groups is 3. The summed E-state index contributed by atoms with van der Waals surface area (Å²) in [6.07, 6.45) is 4.96. The van der Waals surface area contributed by atoms with E-state index in [1.54, 1.807) is 0 Å². The van der Waals surface area contributed by atoms with E-state index >= 15 is 0 Å². The largest absolute Gasteiger partial charge is 0.445 e. The van der Waals surface area contributed by atoms with Crippen molar-refractivity contribution in [2.45, 2.75) is 64.0 Å². The number of nitrogens with one attached hydrogen (secondary N) is 2. The minimum absolute atomic E-state index is 0.00203. The maximum absolute atomic E-state index is 13.3. The van der Waals surface area contributed by atoms with Gasteiger partial charge in [-0.25, -0.2) is 9.18 Å². The van der Waals surface area contributed by atoms with Crippen molar-refractivity contribution in [3.8, 4) is 0 Å². The van der Waals surface area contributed by atoms with E-state index in [1.165, 1.54) is 24.3 Å². The normalized spacial score (nSPS) is 18.3. The van der Waals surface area contributed by atoms with Crippen LogP contribution in [-0.2, 0) is 20.9 Å². The quantitative estimate of drug-likeness (QED) is 0.433. The van der Waals surface area contributed by atoms with E-state index in [9.17, 15) is 18.8 Å². The average Bonchev–Trinajstić information content (AvgIpc) is 2.87. The number of primary amides is 1. The molecule has 0 aromatic heterocycles. The monoisotopic (exact) mass is 483 g/mol. The molecule has 0 spiro atoms.